The van der Waals surface area contributed by atoms with Gasteiger partial charge in [0, 0.05) is 18.4 Å². The van der Waals surface area contributed by atoms with E-state index in [0.29, 0.717) is 11.8 Å². The molecule has 3 aliphatic carbocycles. The monoisotopic (exact) mass is 277 g/mol. The van der Waals surface area contributed by atoms with Crippen LogP contribution in [0.25, 0.3) is 0 Å². The second-order valence-corrected chi connectivity index (χ2v) is 7.04. The molecule has 0 radical (unpaired) electrons. The van der Waals surface area contributed by atoms with Crippen LogP contribution in [-0.4, -0.2) is 43.4 Å². The quantitative estimate of drug-likeness (QED) is 0.856. The van der Waals surface area contributed by atoms with Crippen LogP contribution < -0.4 is 0 Å². The molecule has 3 aliphatic rings. The Morgan fingerprint density at radius 2 is 2.20 bits per heavy atom. The summed E-state index contributed by atoms with van der Waals surface area (Å²) < 4.78 is 5.38. The zero-order valence-electron chi connectivity index (χ0n) is 12.9. The number of rotatable bonds is 4. The summed E-state index contributed by atoms with van der Waals surface area (Å²) in [5.41, 5.74) is -0.540. The Labute approximate surface area is 122 Å². The molecule has 2 fully saturated rings. The van der Waals surface area contributed by atoms with Gasteiger partial charge in [0.05, 0.1) is 12.7 Å². The molecule has 1 N–H and O–H groups in total. The van der Waals surface area contributed by atoms with Gasteiger partial charge < -0.3 is 14.7 Å². The van der Waals surface area contributed by atoms with Gasteiger partial charge in [-0.2, -0.15) is 0 Å². The van der Waals surface area contributed by atoms with Gasteiger partial charge >= 0.3 is 0 Å². The van der Waals surface area contributed by atoms with E-state index in [0.717, 1.165) is 31.1 Å². The predicted octanol–water partition coefficient (Wildman–Crippen LogP) is 2.43. The van der Waals surface area contributed by atoms with Crippen LogP contribution in [0.1, 0.15) is 25.7 Å². The normalized spacial score (nSPS) is 43.1. The van der Waals surface area contributed by atoms with Crippen molar-refractivity contribution in [2.75, 3.05) is 27.7 Å². The molecule has 0 heterocycles. The number of allylic oxidation sites excluding steroid dienone is 2. The zero-order chi connectivity index (χ0) is 14.3. The van der Waals surface area contributed by atoms with Gasteiger partial charge in [-0.1, -0.05) is 6.08 Å². The van der Waals surface area contributed by atoms with Crippen molar-refractivity contribution in [3.05, 3.63) is 24.0 Å². The Morgan fingerprint density at radius 3 is 2.90 bits per heavy atom. The molecule has 3 nitrogen and oxygen atoms in total. The number of ether oxygens (including phenoxy) is 1. The number of methoxy groups -OCH3 is 1. The molecule has 2 saturated carbocycles. The first-order chi connectivity index (χ1) is 9.55. The molecule has 0 spiro atoms. The SMILES string of the molecule is COC1=CC([C@@]2(O)C3C[C@H]3CC[C@@H]2CN(C)C)CC=C1. The van der Waals surface area contributed by atoms with Crippen LogP contribution in [0.2, 0.25) is 0 Å². The molecule has 20 heavy (non-hydrogen) atoms. The lowest BCUT2D eigenvalue weighted by Crippen LogP contribution is -2.52. The van der Waals surface area contributed by atoms with Gasteiger partial charge in [0.1, 0.15) is 5.76 Å². The average Bonchev–Trinajstić information content (AvgIpc) is 3.22. The zero-order valence-corrected chi connectivity index (χ0v) is 12.9. The van der Waals surface area contributed by atoms with E-state index in [9.17, 15) is 5.11 Å². The first-order valence-corrected chi connectivity index (χ1v) is 7.85. The molecule has 3 rings (SSSR count). The Morgan fingerprint density at radius 1 is 1.40 bits per heavy atom. The lowest BCUT2D eigenvalue weighted by atomic mass is 9.66. The van der Waals surface area contributed by atoms with E-state index < -0.39 is 5.60 Å². The van der Waals surface area contributed by atoms with E-state index in [-0.39, 0.29) is 5.92 Å². The largest absolute Gasteiger partial charge is 0.497 e. The van der Waals surface area contributed by atoms with Gasteiger partial charge in [0.25, 0.3) is 0 Å². The van der Waals surface area contributed by atoms with Crippen molar-refractivity contribution >= 4 is 0 Å². The molecule has 5 atom stereocenters. The number of hydrogen-bond acceptors (Lipinski definition) is 3. The number of aliphatic hydroxyl groups is 1. The van der Waals surface area contributed by atoms with Crippen molar-refractivity contribution in [3.8, 4) is 0 Å². The van der Waals surface area contributed by atoms with Crippen molar-refractivity contribution in [1.29, 1.82) is 0 Å². The van der Waals surface area contributed by atoms with Crippen molar-refractivity contribution < 1.29 is 9.84 Å². The van der Waals surface area contributed by atoms with E-state index >= 15 is 0 Å². The van der Waals surface area contributed by atoms with Crippen molar-refractivity contribution in [3.63, 3.8) is 0 Å². The van der Waals surface area contributed by atoms with Crippen LogP contribution in [-0.2, 0) is 4.74 Å². The highest BCUT2D eigenvalue weighted by atomic mass is 16.5. The van der Waals surface area contributed by atoms with Gasteiger partial charge in [-0.15, -0.1) is 0 Å². The van der Waals surface area contributed by atoms with Gasteiger partial charge in [0.15, 0.2) is 0 Å². The molecule has 0 amide bonds. The Hall–Kier alpha value is -0.800. The second kappa shape index (κ2) is 5.19. The fraction of sp³-hybridized carbons (Fsp3) is 0.765. The summed E-state index contributed by atoms with van der Waals surface area (Å²) in [6.45, 7) is 0.982. The summed E-state index contributed by atoms with van der Waals surface area (Å²) in [5, 5.41) is 11.6. The molecule has 2 unspecified atom stereocenters. The topological polar surface area (TPSA) is 32.7 Å². The van der Waals surface area contributed by atoms with E-state index in [1.54, 1.807) is 7.11 Å². The summed E-state index contributed by atoms with van der Waals surface area (Å²) in [7, 11) is 5.92. The maximum absolute atomic E-state index is 11.6. The average molecular weight is 277 g/mol. The van der Waals surface area contributed by atoms with Crippen LogP contribution >= 0.6 is 0 Å². The Bertz CT molecular complexity index is 429. The van der Waals surface area contributed by atoms with Crippen molar-refractivity contribution in [2.45, 2.75) is 31.3 Å². The van der Waals surface area contributed by atoms with Crippen LogP contribution in [0.3, 0.4) is 0 Å². The Kier molecular flexibility index (Phi) is 3.67. The third-order valence-electron chi connectivity index (χ3n) is 5.51. The third-order valence-corrected chi connectivity index (χ3v) is 5.51. The first kappa shape index (κ1) is 14.2. The standard InChI is InChI=1S/C17H27NO2/c1-18(2)11-14-8-7-12-9-16(12)17(14,19)13-5-4-6-15(10-13)20-3/h4,6,10,12-14,16,19H,5,7-9,11H2,1-3H3/t12-,13?,14-,16?,17+/m1/s1. The van der Waals surface area contributed by atoms with Crippen LogP contribution in [0, 0.1) is 23.7 Å². The molecule has 0 aliphatic heterocycles. The van der Waals surface area contributed by atoms with Crippen molar-refractivity contribution in [1.82, 2.24) is 4.90 Å². The molecule has 0 aromatic rings. The van der Waals surface area contributed by atoms with Gasteiger partial charge in [-0.05, 0) is 63.8 Å². The van der Waals surface area contributed by atoms with Gasteiger partial charge in [0.2, 0.25) is 0 Å². The molecular weight excluding hydrogens is 250 g/mol. The lowest BCUT2D eigenvalue weighted by molar-refractivity contribution is -0.0998. The Balaban J connectivity index is 1.86. The molecule has 0 bridgehead atoms. The van der Waals surface area contributed by atoms with E-state index in [1.165, 1.54) is 12.8 Å². The fourth-order valence-electron chi connectivity index (χ4n) is 4.45. The highest BCUT2D eigenvalue weighted by molar-refractivity contribution is 5.24. The maximum atomic E-state index is 11.6. The van der Waals surface area contributed by atoms with E-state index in [4.69, 9.17) is 4.74 Å². The minimum Gasteiger partial charge on any atom is -0.497 e. The van der Waals surface area contributed by atoms with Crippen LogP contribution in [0.5, 0.6) is 0 Å². The molecule has 0 aromatic carbocycles. The summed E-state index contributed by atoms with van der Waals surface area (Å²) >= 11 is 0. The predicted molar refractivity (Wildman–Crippen MR) is 80.2 cm³/mol. The molecule has 3 heteroatoms. The minimum atomic E-state index is -0.540. The van der Waals surface area contributed by atoms with E-state index in [1.807, 2.05) is 6.08 Å². The third kappa shape index (κ3) is 2.31. The number of nitrogens with zero attached hydrogens (tertiary/aromatic N) is 1. The molecule has 0 saturated heterocycles. The number of fused-ring (bicyclic) bond motifs is 1. The van der Waals surface area contributed by atoms with E-state index in [2.05, 4.69) is 31.1 Å². The molecule has 0 aromatic heterocycles. The minimum absolute atomic E-state index is 0.211. The maximum Gasteiger partial charge on any atom is 0.114 e. The van der Waals surface area contributed by atoms with Crippen molar-refractivity contribution in [2.24, 2.45) is 23.7 Å². The highest BCUT2D eigenvalue weighted by Gasteiger charge is 2.61. The lowest BCUT2D eigenvalue weighted by Gasteiger charge is -2.46. The van der Waals surface area contributed by atoms with Crippen LogP contribution in [0.15, 0.2) is 24.0 Å². The summed E-state index contributed by atoms with van der Waals surface area (Å²) in [6, 6.07) is 0. The highest BCUT2D eigenvalue weighted by Crippen LogP contribution is 2.60. The van der Waals surface area contributed by atoms with Gasteiger partial charge in [-0.3, -0.25) is 0 Å². The summed E-state index contributed by atoms with van der Waals surface area (Å²) in [6.07, 6.45) is 11.0. The van der Waals surface area contributed by atoms with Gasteiger partial charge in [-0.25, -0.2) is 0 Å². The second-order valence-electron chi connectivity index (χ2n) is 7.04. The smallest absolute Gasteiger partial charge is 0.114 e. The molecular formula is C17H27NO2. The number of hydrogen-bond donors (Lipinski definition) is 1. The molecule has 112 valence electrons. The first-order valence-electron chi connectivity index (χ1n) is 7.85. The van der Waals surface area contributed by atoms with Crippen LogP contribution in [0.4, 0.5) is 0 Å². The summed E-state index contributed by atoms with van der Waals surface area (Å²) in [5.74, 6) is 2.77. The summed E-state index contributed by atoms with van der Waals surface area (Å²) in [4.78, 5) is 2.22. The fourth-order valence-corrected chi connectivity index (χ4v) is 4.45.